The molecule has 19 N–H and O–H groups in total. The van der Waals surface area contributed by atoms with Gasteiger partial charge in [0.1, 0.15) is 116 Å². The lowest BCUT2D eigenvalue weighted by molar-refractivity contribution is -0.357. The summed E-state index contributed by atoms with van der Waals surface area (Å²) in [5, 5.41) is 151. The van der Waals surface area contributed by atoms with E-state index in [1.165, 1.54) is 6.92 Å². The predicted octanol–water partition coefficient (Wildman–Crippen LogP) is -12.4. The van der Waals surface area contributed by atoms with Gasteiger partial charge < -0.3 is 145 Å². The van der Waals surface area contributed by atoms with E-state index in [1.807, 2.05) is 0 Å². The van der Waals surface area contributed by atoms with Gasteiger partial charge in [-0.2, -0.15) is 0 Å². The first-order chi connectivity index (χ1) is 38.4. The highest BCUT2D eigenvalue weighted by atomic mass is 32.3. The second-order valence-electron chi connectivity index (χ2n) is 20.8. The molecule has 5 saturated heterocycles. The fourth-order valence-corrected chi connectivity index (χ4v) is 11.0. The van der Waals surface area contributed by atoms with E-state index in [9.17, 15) is 98.5 Å². The van der Waals surface area contributed by atoms with Gasteiger partial charge in [-0.1, -0.05) is 0 Å². The highest BCUT2D eigenvalue weighted by Gasteiger charge is 2.57. The highest BCUT2D eigenvalue weighted by Crippen LogP contribution is 2.38. The topological polar surface area (TPSA) is 564 Å². The van der Waals surface area contributed by atoms with Crippen LogP contribution in [-0.2, 0) is 81.1 Å². The first-order valence-corrected chi connectivity index (χ1v) is 27.3. The van der Waals surface area contributed by atoms with E-state index in [4.69, 9.17) is 53.1 Å². The predicted molar refractivity (Wildman–Crippen MR) is 258 cm³/mol. The molecule has 82 heavy (non-hydrogen) atoms. The molecule has 474 valence electrons. The van der Waals surface area contributed by atoms with Crippen LogP contribution < -0.4 is 27.0 Å². The number of hydrogen-bond acceptors (Lipinski definition) is 32. The minimum Gasteiger partial charge on any atom is -0.726 e. The SMILES string of the molecule is CC(=O)NC1C(O)OC(COC2OC(C)C(O)C(O)C2O)C(OC2CC(COS(=O)(=O)[O-])C(OC3OC(CO)C(OC4OC(CO)C(OC5OC(CO)C(O)C(O)C5N)C(O)C4NC(C)=O)C(O)C3NC(C)=O)C(O)C2NC(C)=O)C1O. The lowest BCUT2D eigenvalue weighted by Crippen LogP contribution is -2.71. The number of hydrogen-bond donors (Lipinski definition) is 18. The molecule has 1 aliphatic carbocycles. The van der Waals surface area contributed by atoms with Crippen molar-refractivity contribution < 1.29 is 150 Å². The number of rotatable bonds is 21. The summed E-state index contributed by atoms with van der Waals surface area (Å²) in [7, 11) is -5.57. The molecule has 5 heterocycles. The zero-order valence-corrected chi connectivity index (χ0v) is 45.5. The van der Waals surface area contributed by atoms with E-state index in [1.54, 1.807) is 0 Å². The van der Waals surface area contributed by atoms with Crippen LogP contribution in [0.15, 0.2) is 0 Å². The van der Waals surface area contributed by atoms with Crippen molar-refractivity contribution in [2.24, 2.45) is 11.7 Å². The fourth-order valence-electron chi connectivity index (χ4n) is 10.7. The Hall–Kier alpha value is -3.21. The summed E-state index contributed by atoms with van der Waals surface area (Å²) >= 11 is 0. The lowest BCUT2D eigenvalue weighted by Gasteiger charge is -2.51. The monoisotopic (exact) mass is 1210 g/mol. The third kappa shape index (κ3) is 16.0. The Morgan fingerprint density at radius 3 is 1.44 bits per heavy atom. The van der Waals surface area contributed by atoms with E-state index < -0.39 is 257 Å². The smallest absolute Gasteiger partial charge is 0.217 e. The van der Waals surface area contributed by atoms with E-state index in [0.717, 1.165) is 27.7 Å². The van der Waals surface area contributed by atoms with Crippen molar-refractivity contribution in [2.45, 2.75) is 219 Å². The zero-order chi connectivity index (χ0) is 61.0. The second kappa shape index (κ2) is 29.0. The standard InChI is InChI=1S/C45H77N5O31S/c1-12-28(58)35(65)36(66)45(73-12)71-11-22-40(32(62)25(41(67)75-22)48-14(3)55)74-18-6-17(10-72-82(68,69)70)37(31(61)24(18)47-13(2)54)79-43-26(49-15(4)56)34(64)39(21(9-53)77-43)81-44-27(50-16(5)57)33(63)38(20(8-52)78-44)80-42-23(46)30(60)29(59)19(7-51)76-42/h12,17-45,51-53,58-67H,6-11,46H2,1-5H3,(H,47,54)(H,48,55)(H,49,56)(H,50,57)(H,68,69,70)/p-1. The van der Waals surface area contributed by atoms with Crippen molar-refractivity contribution in [2.75, 3.05) is 33.0 Å². The molecule has 36 nitrogen and oxygen atoms in total. The van der Waals surface area contributed by atoms with E-state index in [2.05, 4.69) is 25.5 Å². The molecule has 0 spiro atoms. The Balaban J connectivity index is 1.28. The van der Waals surface area contributed by atoms with Gasteiger partial charge in [-0.05, 0) is 13.3 Å². The van der Waals surface area contributed by atoms with Crippen molar-refractivity contribution in [1.29, 1.82) is 0 Å². The summed E-state index contributed by atoms with van der Waals surface area (Å²) in [5.41, 5.74) is 6.03. The number of carbonyl (C=O) groups is 4. The molecule has 0 aromatic heterocycles. The van der Waals surface area contributed by atoms with Crippen LogP contribution in [0.4, 0.5) is 0 Å². The Bertz CT molecular complexity index is 2230. The van der Waals surface area contributed by atoms with Gasteiger partial charge in [-0.15, -0.1) is 0 Å². The Morgan fingerprint density at radius 1 is 0.500 bits per heavy atom. The first kappa shape index (κ1) is 67.9. The fraction of sp³-hybridized carbons (Fsp3) is 0.911. The number of carbonyl (C=O) groups excluding carboxylic acids is 4. The van der Waals surface area contributed by atoms with Gasteiger partial charge in [-0.3, -0.25) is 23.4 Å². The van der Waals surface area contributed by atoms with Crippen molar-refractivity contribution >= 4 is 34.0 Å². The number of nitrogens with two attached hydrogens (primary N) is 1. The average Bonchev–Trinajstić information content (AvgIpc) is 2.22. The van der Waals surface area contributed by atoms with Crippen molar-refractivity contribution in [3.8, 4) is 0 Å². The molecular formula is C45H76N5O31S-. The van der Waals surface area contributed by atoms with Crippen LogP contribution in [-0.4, -0.2) is 314 Å². The van der Waals surface area contributed by atoms with Crippen LogP contribution in [0.1, 0.15) is 41.0 Å². The van der Waals surface area contributed by atoms with Gasteiger partial charge in [0.2, 0.25) is 34.0 Å². The summed E-state index contributed by atoms with van der Waals surface area (Å²) in [6.07, 6.45) is -43.0. The molecule has 1 saturated carbocycles. The molecule has 30 atom stereocenters. The quantitative estimate of drug-likeness (QED) is 0.0375. The molecule has 0 aromatic carbocycles. The molecular weight excluding hydrogens is 1140 g/mol. The van der Waals surface area contributed by atoms with Gasteiger partial charge in [0.05, 0.1) is 63.4 Å². The van der Waals surface area contributed by atoms with Crippen LogP contribution in [0.5, 0.6) is 0 Å². The molecule has 30 unspecified atom stereocenters. The van der Waals surface area contributed by atoms with Gasteiger partial charge >= 0.3 is 0 Å². The van der Waals surface area contributed by atoms with Crippen molar-refractivity contribution in [3.63, 3.8) is 0 Å². The number of aliphatic hydroxyl groups is 13. The Labute approximate surface area is 467 Å². The zero-order valence-electron chi connectivity index (χ0n) is 44.7. The van der Waals surface area contributed by atoms with Gasteiger partial charge in [0.15, 0.2) is 31.5 Å². The van der Waals surface area contributed by atoms with Gasteiger partial charge in [-0.25, -0.2) is 8.42 Å². The van der Waals surface area contributed by atoms with E-state index >= 15 is 0 Å². The van der Waals surface area contributed by atoms with Crippen LogP contribution >= 0.6 is 0 Å². The summed E-state index contributed by atoms with van der Waals surface area (Å²) in [6.45, 7) is 0.629. The maximum atomic E-state index is 12.9. The molecule has 6 aliphatic rings. The Morgan fingerprint density at radius 2 is 0.939 bits per heavy atom. The maximum Gasteiger partial charge on any atom is 0.217 e. The lowest BCUT2D eigenvalue weighted by atomic mass is 9.79. The summed E-state index contributed by atoms with van der Waals surface area (Å²) in [4.78, 5) is 50.6. The molecule has 6 rings (SSSR count). The van der Waals surface area contributed by atoms with E-state index in [-0.39, 0.29) is 0 Å². The normalized spacial score (nSPS) is 45.6. The van der Waals surface area contributed by atoms with Crippen molar-refractivity contribution in [3.05, 3.63) is 0 Å². The molecule has 0 aromatic rings. The summed E-state index contributed by atoms with van der Waals surface area (Å²) < 4.78 is 99.5. The molecule has 5 aliphatic heterocycles. The minimum absolute atomic E-state index is 0.625. The number of amides is 4. The molecule has 4 amide bonds. The number of nitrogens with one attached hydrogen (secondary N) is 4. The van der Waals surface area contributed by atoms with Crippen LogP contribution in [0.2, 0.25) is 0 Å². The van der Waals surface area contributed by atoms with E-state index in [0.29, 0.717) is 0 Å². The minimum atomic E-state index is -5.57. The summed E-state index contributed by atoms with van der Waals surface area (Å²) in [6, 6.07) is -8.42. The highest BCUT2D eigenvalue weighted by molar-refractivity contribution is 7.80. The van der Waals surface area contributed by atoms with Gasteiger partial charge in [0.25, 0.3) is 0 Å². The average molecular weight is 1220 g/mol. The Kier molecular flexibility index (Phi) is 24.0. The van der Waals surface area contributed by atoms with Crippen LogP contribution in [0.25, 0.3) is 0 Å². The van der Waals surface area contributed by atoms with Crippen molar-refractivity contribution in [1.82, 2.24) is 21.3 Å². The summed E-state index contributed by atoms with van der Waals surface area (Å²) in [5.74, 6) is -4.92. The third-order valence-electron chi connectivity index (χ3n) is 14.8. The number of aliphatic hydroxyl groups excluding tert-OH is 13. The molecule has 37 heteroatoms. The largest absolute Gasteiger partial charge is 0.726 e. The van der Waals surface area contributed by atoms with Crippen LogP contribution in [0.3, 0.4) is 0 Å². The molecule has 6 fully saturated rings. The molecule has 0 bridgehead atoms. The second-order valence-corrected chi connectivity index (χ2v) is 21.9. The number of ether oxygens (including phenoxy) is 10. The third-order valence-corrected chi connectivity index (χ3v) is 15.2. The molecule has 0 radical (unpaired) electrons. The van der Waals surface area contributed by atoms with Crippen LogP contribution in [0, 0.1) is 5.92 Å². The maximum absolute atomic E-state index is 12.9. The first-order valence-electron chi connectivity index (χ1n) is 26.0. The van der Waals surface area contributed by atoms with Gasteiger partial charge in [0, 0.05) is 33.6 Å².